The second kappa shape index (κ2) is 12.1. The summed E-state index contributed by atoms with van der Waals surface area (Å²) in [6, 6.07) is 10.3. The molecule has 4 nitrogen and oxygen atoms in total. The average Bonchev–Trinajstić information content (AvgIpc) is 2.73. The van der Waals surface area contributed by atoms with Gasteiger partial charge in [0.1, 0.15) is 23.2 Å². The van der Waals surface area contributed by atoms with E-state index in [9.17, 15) is 5.26 Å². The monoisotopic (exact) mass is 393 g/mol. The van der Waals surface area contributed by atoms with Gasteiger partial charge in [0.05, 0.1) is 6.61 Å². The molecule has 0 amide bonds. The van der Waals surface area contributed by atoms with Crippen LogP contribution >= 0.6 is 0 Å². The maximum Gasteiger partial charge on any atom is 0.142 e. The first-order valence-electron chi connectivity index (χ1n) is 11.1. The van der Waals surface area contributed by atoms with E-state index in [0.717, 1.165) is 60.4 Å². The summed E-state index contributed by atoms with van der Waals surface area (Å²) < 4.78 is 5.90. The summed E-state index contributed by atoms with van der Waals surface area (Å²) in [5.74, 6) is 1.20. The second-order valence-corrected chi connectivity index (χ2v) is 7.53. The van der Waals surface area contributed by atoms with Gasteiger partial charge in [-0.1, -0.05) is 71.4 Å². The molecule has 0 saturated carbocycles. The number of benzene rings is 1. The Hall–Kier alpha value is -2.54. The number of aromatic nitrogens is 1. The van der Waals surface area contributed by atoms with Crippen LogP contribution in [0.3, 0.4) is 0 Å². The highest BCUT2D eigenvalue weighted by Crippen LogP contribution is 2.34. The average molecular weight is 394 g/mol. The van der Waals surface area contributed by atoms with Crippen LogP contribution in [0.2, 0.25) is 0 Å². The molecule has 0 saturated heterocycles. The van der Waals surface area contributed by atoms with Gasteiger partial charge in [0.15, 0.2) is 0 Å². The predicted octanol–water partition coefficient (Wildman–Crippen LogP) is 6.46. The zero-order valence-corrected chi connectivity index (χ0v) is 18.3. The molecule has 0 fully saturated rings. The van der Waals surface area contributed by atoms with Crippen molar-refractivity contribution in [2.45, 2.75) is 78.6 Å². The lowest BCUT2D eigenvalue weighted by Gasteiger charge is -2.17. The fraction of sp³-hybridized carbons (Fsp3) is 0.520. The van der Waals surface area contributed by atoms with Gasteiger partial charge >= 0.3 is 0 Å². The zero-order chi connectivity index (χ0) is 21.1. The summed E-state index contributed by atoms with van der Waals surface area (Å²) in [6.07, 6.45) is 10.2. The van der Waals surface area contributed by atoms with Crippen LogP contribution in [0.15, 0.2) is 24.3 Å². The number of pyridine rings is 1. The Morgan fingerprint density at radius 2 is 1.66 bits per heavy atom. The fourth-order valence-corrected chi connectivity index (χ4v) is 3.74. The number of nitrogens with zero attached hydrogens (tertiary/aromatic N) is 2. The summed E-state index contributed by atoms with van der Waals surface area (Å²) in [7, 11) is 0. The fourth-order valence-electron chi connectivity index (χ4n) is 3.74. The number of hydrogen-bond acceptors (Lipinski definition) is 4. The minimum atomic E-state index is 0.326. The van der Waals surface area contributed by atoms with Gasteiger partial charge in [0.25, 0.3) is 0 Å². The van der Waals surface area contributed by atoms with Gasteiger partial charge in [-0.15, -0.1) is 0 Å². The Balaban J connectivity index is 2.14. The lowest BCUT2D eigenvalue weighted by molar-refractivity contribution is 0.304. The number of hydrogen-bond donors (Lipinski definition) is 1. The number of ether oxygens (including phenoxy) is 1. The van der Waals surface area contributed by atoms with E-state index in [0.29, 0.717) is 11.4 Å². The summed E-state index contributed by atoms with van der Waals surface area (Å²) in [4.78, 5) is 4.52. The van der Waals surface area contributed by atoms with E-state index >= 15 is 0 Å². The molecular formula is C25H35N3O. The number of unbranched alkanes of at least 4 members (excludes halogenated alkanes) is 5. The van der Waals surface area contributed by atoms with Crippen LogP contribution in [-0.2, 0) is 12.8 Å². The maximum atomic E-state index is 9.68. The number of aryl methyl sites for hydroxylation is 1. The third kappa shape index (κ3) is 6.22. The van der Waals surface area contributed by atoms with E-state index in [4.69, 9.17) is 10.5 Å². The Morgan fingerprint density at radius 3 is 2.28 bits per heavy atom. The SMILES string of the molecule is CCCCCCCCOc1ccc(-c2c(C#N)c(N)nc(CCC)c2CC)cc1. The second-order valence-electron chi connectivity index (χ2n) is 7.53. The van der Waals surface area contributed by atoms with E-state index in [1.807, 2.05) is 24.3 Å². The molecule has 0 spiro atoms. The van der Waals surface area contributed by atoms with Crippen LogP contribution < -0.4 is 10.5 Å². The smallest absolute Gasteiger partial charge is 0.142 e. The number of nitrogens with two attached hydrogens (primary N) is 1. The van der Waals surface area contributed by atoms with Gasteiger partial charge in [0, 0.05) is 11.3 Å². The summed E-state index contributed by atoms with van der Waals surface area (Å²) in [5, 5.41) is 9.68. The minimum absolute atomic E-state index is 0.326. The molecule has 1 aromatic carbocycles. The predicted molar refractivity (Wildman–Crippen MR) is 121 cm³/mol. The van der Waals surface area contributed by atoms with Crippen molar-refractivity contribution >= 4 is 5.82 Å². The standard InChI is InChI=1S/C25H35N3O/c1-4-7-8-9-10-11-17-29-20-15-13-19(14-16-20)24-21(6-3)23(12-5-2)28-25(27)22(24)18-26/h13-16H,4-12,17H2,1-3H3,(H2,27,28). The Bertz CT molecular complexity index is 806. The Kier molecular flexibility index (Phi) is 9.50. The molecule has 1 heterocycles. The van der Waals surface area contributed by atoms with Crippen LogP contribution in [0, 0.1) is 11.3 Å². The summed E-state index contributed by atoms with van der Waals surface area (Å²) in [6.45, 7) is 7.22. The summed E-state index contributed by atoms with van der Waals surface area (Å²) >= 11 is 0. The molecule has 2 N–H and O–H groups in total. The molecule has 0 bridgehead atoms. The van der Waals surface area contributed by atoms with Crippen molar-refractivity contribution in [3.05, 3.63) is 41.1 Å². The molecule has 4 heteroatoms. The lowest BCUT2D eigenvalue weighted by Crippen LogP contribution is -2.07. The van der Waals surface area contributed by atoms with Crippen LogP contribution in [0.1, 0.15) is 82.5 Å². The topological polar surface area (TPSA) is 71.9 Å². The number of nitrogen functional groups attached to an aromatic ring is 1. The third-order valence-electron chi connectivity index (χ3n) is 5.27. The minimum Gasteiger partial charge on any atom is -0.494 e. The van der Waals surface area contributed by atoms with Crippen LogP contribution in [0.4, 0.5) is 5.82 Å². The lowest BCUT2D eigenvalue weighted by atomic mass is 9.91. The summed E-state index contributed by atoms with van der Waals surface area (Å²) in [5.41, 5.74) is 10.6. The van der Waals surface area contributed by atoms with Crippen LogP contribution in [0.25, 0.3) is 11.1 Å². The van der Waals surface area contributed by atoms with Gasteiger partial charge in [-0.25, -0.2) is 4.98 Å². The number of nitriles is 1. The largest absolute Gasteiger partial charge is 0.494 e. The van der Waals surface area contributed by atoms with Crippen molar-refractivity contribution in [1.29, 1.82) is 5.26 Å². The quantitative estimate of drug-likeness (QED) is 0.420. The van der Waals surface area contributed by atoms with Crippen molar-refractivity contribution in [3.63, 3.8) is 0 Å². The van der Waals surface area contributed by atoms with Crippen molar-refractivity contribution in [3.8, 4) is 22.9 Å². The maximum absolute atomic E-state index is 9.68. The Morgan fingerprint density at radius 1 is 0.966 bits per heavy atom. The molecule has 2 rings (SSSR count). The van der Waals surface area contributed by atoms with Crippen LogP contribution in [-0.4, -0.2) is 11.6 Å². The third-order valence-corrected chi connectivity index (χ3v) is 5.27. The number of anilines is 1. The Labute approximate surface area is 176 Å². The van der Waals surface area contributed by atoms with Crippen molar-refractivity contribution < 1.29 is 4.74 Å². The van der Waals surface area contributed by atoms with Gasteiger partial charge in [0.2, 0.25) is 0 Å². The van der Waals surface area contributed by atoms with Crippen molar-refractivity contribution in [2.75, 3.05) is 12.3 Å². The molecule has 2 aromatic rings. The highest BCUT2D eigenvalue weighted by atomic mass is 16.5. The molecule has 0 unspecified atom stereocenters. The molecule has 0 atom stereocenters. The zero-order valence-electron chi connectivity index (χ0n) is 18.3. The van der Waals surface area contributed by atoms with E-state index in [1.54, 1.807) is 0 Å². The first-order chi connectivity index (χ1) is 14.2. The van der Waals surface area contributed by atoms with E-state index in [1.165, 1.54) is 32.1 Å². The van der Waals surface area contributed by atoms with E-state index in [-0.39, 0.29) is 0 Å². The molecule has 29 heavy (non-hydrogen) atoms. The van der Waals surface area contributed by atoms with Gasteiger partial charge in [-0.3, -0.25) is 0 Å². The molecular weight excluding hydrogens is 358 g/mol. The molecule has 0 aliphatic heterocycles. The molecule has 156 valence electrons. The molecule has 0 radical (unpaired) electrons. The first-order valence-corrected chi connectivity index (χ1v) is 11.1. The van der Waals surface area contributed by atoms with E-state index in [2.05, 4.69) is 31.8 Å². The van der Waals surface area contributed by atoms with Crippen molar-refractivity contribution in [1.82, 2.24) is 4.98 Å². The number of rotatable bonds is 12. The van der Waals surface area contributed by atoms with E-state index < -0.39 is 0 Å². The normalized spacial score (nSPS) is 10.7. The van der Waals surface area contributed by atoms with Gasteiger partial charge in [-0.05, 0) is 42.5 Å². The first kappa shape index (κ1) is 22.7. The molecule has 1 aromatic heterocycles. The van der Waals surface area contributed by atoms with Gasteiger partial charge in [-0.2, -0.15) is 5.26 Å². The molecule has 0 aliphatic carbocycles. The van der Waals surface area contributed by atoms with Crippen LogP contribution in [0.5, 0.6) is 5.75 Å². The van der Waals surface area contributed by atoms with Crippen molar-refractivity contribution in [2.24, 2.45) is 0 Å². The molecule has 0 aliphatic rings. The highest BCUT2D eigenvalue weighted by molar-refractivity contribution is 5.79. The van der Waals surface area contributed by atoms with Gasteiger partial charge < -0.3 is 10.5 Å². The highest BCUT2D eigenvalue weighted by Gasteiger charge is 2.18.